The number of nitrogens with zero attached hydrogens (tertiary/aromatic N) is 2. The highest BCUT2D eigenvalue weighted by Crippen LogP contribution is 2.23. The summed E-state index contributed by atoms with van der Waals surface area (Å²) in [7, 11) is 1.64. The predicted octanol–water partition coefficient (Wildman–Crippen LogP) is 2.29. The van der Waals surface area contributed by atoms with Gasteiger partial charge in [-0.15, -0.1) is 0 Å². The number of thioether (sulfide) groups is 1. The molecule has 0 aliphatic carbocycles. The van der Waals surface area contributed by atoms with Crippen molar-refractivity contribution in [3.63, 3.8) is 0 Å². The summed E-state index contributed by atoms with van der Waals surface area (Å²) in [4.78, 5) is 21.6. The van der Waals surface area contributed by atoms with Gasteiger partial charge in [0, 0.05) is 19.2 Å². The van der Waals surface area contributed by atoms with Gasteiger partial charge in [-0.1, -0.05) is 11.8 Å². The van der Waals surface area contributed by atoms with Crippen molar-refractivity contribution in [1.82, 2.24) is 14.9 Å². The van der Waals surface area contributed by atoms with Gasteiger partial charge >= 0.3 is 0 Å². The van der Waals surface area contributed by atoms with E-state index in [1.807, 2.05) is 23.1 Å². The first kappa shape index (κ1) is 13.3. The lowest BCUT2D eigenvalue weighted by Crippen LogP contribution is -2.29. The molecule has 1 saturated heterocycles. The van der Waals surface area contributed by atoms with Crippen molar-refractivity contribution in [2.45, 2.75) is 18.0 Å². The molecule has 1 amide bonds. The number of amides is 1. The normalized spacial score (nSPS) is 14.9. The van der Waals surface area contributed by atoms with Gasteiger partial charge in [-0.3, -0.25) is 4.79 Å². The minimum Gasteiger partial charge on any atom is -0.497 e. The fourth-order valence-electron chi connectivity index (χ4n) is 2.35. The van der Waals surface area contributed by atoms with Gasteiger partial charge in [0.1, 0.15) is 5.75 Å². The van der Waals surface area contributed by atoms with E-state index in [-0.39, 0.29) is 5.91 Å². The molecule has 1 aromatic carbocycles. The molecule has 6 heteroatoms. The molecule has 1 fully saturated rings. The molecule has 3 rings (SSSR count). The molecule has 0 bridgehead atoms. The van der Waals surface area contributed by atoms with Gasteiger partial charge in [-0.2, -0.15) is 0 Å². The van der Waals surface area contributed by atoms with E-state index in [2.05, 4.69) is 9.97 Å². The van der Waals surface area contributed by atoms with E-state index in [1.165, 1.54) is 11.8 Å². The molecule has 2 aromatic rings. The van der Waals surface area contributed by atoms with E-state index in [9.17, 15) is 4.79 Å². The maximum absolute atomic E-state index is 12.0. The second-order valence-electron chi connectivity index (χ2n) is 4.80. The molecule has 1 aromatic heterocycles. The third-order valence-electron chi connectivity index (χ3n) is 3.46. The van der Waals surface area contributed by atoms with Crippen molar-refractivity contribution in [2.75, 3.05) is 26.0 Å². The molecular weight excluding hydrogens is 274 g/mol. The van der Waals surface area contributed by atoms with Crippen LogP contribution in [0.1, 0.15) is 12.8 Å². The number of benzene rings is 1. The lowest BCUT2D eigenvalue weighted by Gasteiger charge is -2.13. The van der Waals surface area contributed by atoms with Crippen LogP contribution < -0.4 is 4.74 Å². The van der Waals surface area contributed by atoms with Crippen LogP contribution in [0, 0.1) is 0 Å². The van der Waals surface area contributed by atoms with Crippen LogP contribution in [0.3, 0.4) is 0 Å². The summed E-state index contributed by atoms with van der Waals surface area (Å²) in [5, 5.41) is 0.779. The van der Waals surface area contributed by atoms with E-state index in [1.54, 1.807) is 7.11 Å². The summed E-state index contributed by atoms with van der Waals surface area (Å²) in [5.41, 5.74) is 1.82. The number of likely N-dealkylation sites (tertiary alicyclic amines) is 1. The summed E-state index contributed by atoms with van der Waals surface area (Å²) in [6, 6.07) is 5.71. The van der Waals surface area contributed by atoms with Crippen LogP contribution in [-0.4, -0.2) is 46.7 Å². The number of ether oxygens (including phenoxy) is 1. The van der Waals surface area contributed by atoms with Crippen molar-refractivity contribution < 1.29 is 9.53 Å². The van der Waals surface area contributed by atoms with E-state index >= 15 is 0 Å². The van der Waals surface area contributed by atoms with Gasteiger partial charge in [0.25, 0.3) is 0 Å². The fourth-order valence-corrected chi connectivity index (χ4v) is 3.14. The van der Waals surface area contributed by atoms with Crippen LogP contribution >= 0.6 is 11.8 Å². The topological polar surface area (TPSA) is 58.2 Å². The largest absolute Gasteiger partial charge is 0.497 e. The second-order valence-corrected chi connectivity index (χ2v) is 5.77. The summed E-state index contributed by atoms with van der Waals surface area (Å²) in [6.45, 7) is 1.80. The quantitative estimate of drug-likeness (QED) is 0.878. The number of hydrogen-bond donors (Lipinski definition) is 1. The molecule has 0 unspecified atom stereocenters. The van der Waals surface area contributed by atoms with Gasteiger partial charge in [0.15, 0.2) is 5.16 Å². The Morgan fingerprint density at radius 1 is 1.45 bits per heavy atom. The second kappa shape index (κ2) is 5.75. The fraction of sp³-hybridized carbons (Fsp3) is 0.429. The van der Waals surface area contributed by atoms with Gasteiger partial charge in [0.2, 0.25) is 5.91 Å². The third kappa shape index (κ3) is 2.75. The predicted molar refractivity (Wildman–Crippen MR) is 79.2 cm³/mol. The van der Waals surface area contributed by atoms with Crippen molar-refractivity contribution in [1.29, 1.82) is 0 Å². The van der Waals surface area contributed by atoms with Crippen molar-refractivity contribution in [2.24, 2.45) is 0 Å². The zero-order valence-corrected chi connectivity index (χ0v) is 12.2. The zero-order valence-electron chi connectivity index (χ0n) is 11.4. The molecule has 20 heavy (non-hydrogen) atoms. The Kier molecular flexibility index (Phi) is 3.82. The first-order valence-corrected chi connectivity index (χ1v) is 7.69. The number of methoxy groups -OCH3 is 1. The summed E-state index contributed by atoms with van der Waals surface area (Å²) < 4.78 is 5.18. The van der Waals surface area contributed by atoms with Gasteiger partial charge in [-0.25, -0.2) is 4.98 Å². The van der Waals surface area contributed by atoms with E-state index in [0.717, 1.165) is 47.9 Å². The minimum atomic E-state index is 0.200. The molecule has 0 saturated carbocycles. The van der Waals surface area contributed by atoms with Crippen molar-refractivity contribution >= 4 is 28.7 Å². The molecule has 0 spiro atoms. The Balaban J connectivity index is 1.66. The number of nitrogens with one attached hydrogen (secondary N) is 1. The van der Waals surface area contributed by atoms with Gasteiger partial charge in [-0.05, 0) is 25.0 Å². The zero-order chi connectivity index (χ0) is 13.9. The monoisotopic (exact) mass is 291 g/mol. The third-order valence-corrected chi connectivity index (χ3v) is 4.32. The smallest absolute Gasteiger partial charge is 0.233 e. The van der Waals surface area contributed by atoms with Crippen LogP contribution in [0.4, 0.5) is 0 Å². The van der Waals surface area contributed by atoms with E-state index in [4.69, 9.17) is 4.74 Å². The Morgan fingerprint density at radius 2 is 2.25 bits per heavy atom. The lowest BCUT2D eigenvalue weighted by molar-refractivity contribution is -0.127. The Hall–Kier alpha value is -1.69. The van der Waals surface area contributed by atoms with Crippen LogP contribution in [0.2, 0.25) is 0 Å². The molecule has 1 aliphatic heterocycles. The molecular formula is C14H17N3O2S. The summed E-state index contributed by atoms with van der Waals surface area (Å²) >= 11 is 1.46. The maximum Gasteiger partial charge on any atom is 0.233 e. The Bertz CT molecular complexity index is 620. The number of fused-ring (bicyclic) bond motifs is 1. The number of imidazole rings is 1. The van der Waals surface area contributed by atoms with E-state index in [0.29, 0.717) is 5.75 Å². The number of H-pyrrole nitrogens is 1. The molecule has 0 radical (unpaired) electrons. The van der Waals surface area contributed by atoms with Gasteiger partial charge in [0.05, 0.1) is 23.9 Å². The molecule has 5 nitrogen and oxygen atoms in total. The number of carbonyl (C=O) groups excluding carboxylic acids is 1. The minimum absolute atomic E-state index is 0.200. The highest BCUT2D eigenvalue weighted by molar-refractivity contribution is 7.99. The average Bonchev–Trinajstić information content (AvgIpc) is 3.12. The number of carbonyl (C=O) groups is 1. The van der Waals surface area contributed by atoms with Crippen LogP contribution in [0.15, 0.2) is 23.4 Å². The van der Waals surface area contributed by atoms with Crippen molar-refractivity contribution in [3.05, 3.63) is 18.2 Å². The van der Waals surface area contributed by atoms with E-state index < -0.39 is 0 Å². The Labute approximate surface area is 121 Å². The molecule has 0 atom stereocenters. The molecule has 2 heterocycles. The molecule has 1 aliphatic rings. The van der Waals surface area contributed by atoms with Crippen LogP contribution in [0.25, 0.3) is 11.0 Å². The number of rotatable bonds is 4. The SMILES string of the molecule is COc1ccc2nc(SCC(=O)N3CCCC3)[nH]c2c1. The summed E-state index contributed by atoms with van der Waals surface area (Å²) in [5.74, 6) is 1.44. The molecule has 106 valence electrons. The number of aromatic amines is 1. The Morgan fingerprint density at radius 3 is 3.00 bits per heavy atom. The van der Waals surface area contributed by atoms with Crippen LogP contribution in [0.5, 0.6) is 5.75 Å². The van der Waals surface area contributed by atoms with Crippen molar-refractivity contribution in [3.8, 4) is 5.75 Å². The lowest BCUT2D eigenvalue weighted by atomic mass is 10.3. The summed E-state index contributed by atoms with van der Waals surface area (Å²) in [6.07, 6.45) is 2.25. The number of hydrogen-bond acceptors (Lipinski definition) is 4. The first-order chi connectivity index (χ1) is 9.76. The highest BCUT2D eigenvalue weighted by Gasteiger charge is 2.18. The number of aromatic nitrogens is 2. The standard InChI is InChI=1S/C14H17N3O2S/c1-19-10-4-5-11-12(8-10)16-14(15-11)20-9-13(18)17-6-2-3-7-17/h4-5,8H,2-3,6-7,9H2,1H3,(H,15,16). The van der Waals surface area contributed by atoms with Gasteiger partial charge < -0.3 is 14.6 Å². The average molecular weight is 291 g/mol. The van der Waals surface area contributed by atoms with Crippen LogP contribution in [-0.2, 0) is 4.79 Å². The molecule has 1 N–H and O–H groups in total. The highest BCUT2D eigenvalue weighted by atomic mass is 32.2. The first-order valence-electron chi connectivity index (χ1n) is 6.70. The maximum atomic E-state index is 12.0.